The largest absolute Gasteiger partial charge is 0.295 e. The Labute approximate surface area is 144 Å². The van der Waals surface area contributed by atoms with Gasteiger partial charge >= 0.3 is 0 Å². The molecule has 1 saturated heterocycles. The van der Waals surface area contributed by atoms with E-state index in [-0.39, 0.29) is 11.3 Å². The van der Waals surface area contributed by atoms with Crippen molar-refractivity contribution in [2.45, 2.75) is 5.37 Å². The van der Waals surface area contributed by atoms with Crippen molar-refractivity contribution < 1.29 is 4.79 Å². The maximum Gasteiger partial charge on any atom is 0.238 e. The second-order valence-electron chi connectivity index (χ2n) is 5.47. The number of benzene rings is 3. The number of fused-ring (bicyclic) bond motifs is 1. The zero-order valence-electron chi connectivity index (χ0n) is 12.3. The molecule has 114 valence electrons. The summed E-state index contributed by atoms with van der Waals surface area (Å²) in [5, 5.41) is 3.06. The minimum absolute atomic E-state index is 0.00484. The van der Waals surface area contributed by atoms with Crippen LogP contribution in [0.1, 0.15) is 10.9 Å². The summed E-state index contributed by atoms with van der Waals surface area (Å²) < 4.78 is 0. The fraction of sp³-hybridized carbons (Fsp3) is 0.105. The molecule has 0 radical (unpaired) electrons. The normalized spacial score (nSPS) is 17.9. The lowest BCUT2D eigenvalue weighted by molar-refractivity contribution is -0.115. The maximum atomic E-state index is 12.5. The van der Waals surface area contributed by atoms with Crippen molar-refractivity contribution >= 4 is 45.7 Å². The molecule has 0 unspecified atom stereocenters. The van der Waals surface area contributed by atoms with Gasteiger partial charge in [-0.3, -0.25) is 9.69 Å². The first-order valence-electron chi connectivity index (χ1n) is 7.41. The van der Waals surface area contributed by atoms with E-state index in [2.05, 4.69) is 30.3 Å². The van der Waals surface area contributed by atoms with Gasteiger partial charge in [-0.15, -0.1) is 11.8 Å². The van der Waals surface area contributed by atoms with Crippen LogP contribution in [0.2, 0.25) is 5.02 Å². The Morgan fingerprint density at radius 2 is 1.70 bits per heavy atom. The second-order valence-corrected chi connectivity index (χ2v) is 6.98. The van der Waals surface area contributed by atoms with Crippen LogP contribution >= 0.6 is 23.4 Å². The van der Waals surface area contributed by atoms with Gasteiger partial charge in [0, 0.05) is 10.7 Å². The molecule has 0 aromatic heterocycles. The van der Waals surface area contributed by atoms with Gasteiger partial charge in [0.2, 0.25) is 5.91 Å². The van der Waals surface area contributed by atoms with E-state index in [4.69, 9.17) is 11.6 Å². The maximum absolute atomic E-state index is 12.5. The molecule has 1 aliphatic rings. The molecule has 0 spiro atoms. The molecule has 4 heteroatoms. The summed E-state index contributed by atoms with van der Waals surface area (Å²) in [5.41, 5.74) is 2.07. The van der Waals surface area contributed by atoms with Crippen molar-refractivity contribution in [2.75, 3.05) is 10.7 Å². The zero-order valence-corrected chi connectivity index (χ0v) is 13.8. The molecule has 3 aromatic rings. The summed E-state index contributed by atoms with van der Waals surface area (Å²) in [5.74, 6) is 0.631. The van der Waals surface area contributed by atoms with Crippen molar-refractivity contribution in [2.24, 2.45) is 0 Å². The zero-order chi connectivity index (χ0) is 15.8. The minimum atomic E-state index is -0.00484. The average molecular weight is 340 g/mol. The summed E-state index contributed by atoms with van der Waals surface area (Å²) in [6.07, 6.45) is 0. The van der Waals surface area contributed by atoms with Crippen LogP contribution in [0, 0.1) is 0 Å². The molecule has 0 N–H and O–H groups in total. The van der Waals surface area contributed by atoms with Crippen LogP contribution in [0.25, 0.3) is 10.8 Å². The van der Waals surface area contributed by atoms with Gasteiger partial charge in [0.25, 0.3) is 0 Å². The molecule has 1 heterocycles. The third-order valence-electron chi connectivity index (χ3n) is 4.06. The molecule has 3 aromatic carbocycles. The number of thioether (sulfide) groups is 1. The van der Waals surface area contributed by atoms with Gasteiger partial charge in [0.05, 0.1) is 5.75 Å². The Bertz CT molecular complexity index is 873. The molecule has 23 heavy (non-hydrogen) atoms. The molecular formula is C19H14ClNOS. The van der Waals surface area contributed by atoms with E-state index < -0.39 is 0 Å². The molecule has 1 fully saturated rings. The molecule has 0 aliphatic carbocycles. The van der Waals surface area contributed by atoms with Crippen molar-refractivity contribution in [1.29, 1.82) is 0 Å². The van der Waals surface area contributed by atoms with Gasteiger partial charge in [-0.2, -0.15) is 0 Å². The number of carbonyl (C=O) groups is 1. The van der Waals surface area contributed by atoms with Gasteiger partial charge in [0.1, 0.15) is 5.37 Å². The van der Waals surface area contributed by atoms with E-state index in [1.54, 1.807) is 11.8 Å². The van der Waals surface area contributed by atoms with Crippen LogP contribution in [0.3, 0.4) is 0 Å². The number of rotatable bonds is 2. The molecular weight excluding hydrogens is 326 g/mol. The lowest BCUT2D eigenvalue weighted by atomic mass is 10.0. The van der Waals surface area contributed by atoms with Crippen LogP contribution in [-0.2, 0) is 4.79 Å². The van der Waals surface area contributed by atoms with Crippen molar-refractivity contribution in [3.05, 3.63) is 77.3 Å². The van der Waals surface area contributed by atoms with Gasteiger partial charge < -0.3 is 0 Å². The van der Waals surface area contributed by atoms with Crippen molar-refractivity contribution in [1.82, 2.24) is 0 Å². The van der Waals surface area contributed by atoms with Crippen LogP contribution in [0.15, 0.2) is 66.7 Å². The third-order valence-corrected chi connectivity index (χ3v) is 5.51. The summed E-state index contributed by atoms with van der Waals surface area (Å²) in [6.45, 7) is 0. The number of anilines is 1. The summed E-state index contributed by atoms with van der Waals surface area (Å²) in [6, 6.07) is 22.0. The number of hydrogen-bond acceptors (Lipinski definition) is 2. The predicted molar refractivity (Wildman–Crippen MR) is 98.1 cm³/mol. The van der Waals surface area contributed by atoms with Crippen LogP contribution in [-0.4, -0.2) is 11.7 Å². The molecule has 0 bridgehead atoms. The summed E-state index contributed by atoms with van der Waals surface area (Å²) in [4.78, 5) is 14.3. The fourth-order valence-electron chi connectivity index (χ4n) is 3.00. The molecule has 4 rings (SSSR count). The Morgan fingerprint density at radius 3 is 2.52 bits per heavy atom. The van der Waals surface area contributed by atoms with E-state index in [9.17, 15) is 4.79 Å². The first-order chi connectivity index (χ1) is 11.2. The average Bonchev–Trinajstić information content (AvgIpc) is 2.96. The van der Waals surface area contributed by atoms with Gasteiger partial charge in [-0.05, 0) is 40.6 Å². The lowest BCUT2D eigenvalue weighted by Gasteiger charge is -2.25. The highest BCUT2D eigenvalue weighted by atomic mass is 35.5. The van der Waals surface area contributed by atoms with Crippen LogP contribution < -0.4 is 4.90 Å². The van der Waals surface area contributed by atoms with E-state index in [0.717, 1.165) is 5.69 Å². The molecule has 1 atom stereocenters. The molecule has 2 nitrogen and oxygen atoms in total. The first-order valence-corrected chi connectivity index (χ1v) is 8.83. The number of nitrogens with zero attached hydrogens (tertiary/aromatic N) is 1. The van der Waals surface area contributed by atoms with Crippen molar-refractivity contribution in [3.8, 4) is 0 Å². The topological polar surface area (TPSA) is 20.3 Å². The van der Waals surface area contributed by atoms with Gasteiger partial charge in [-0.1, -0.05) is 54.1 Å². The van der Waals surface area contributed by atoms with E-state index in [1.165, 1.54) is 16.3 Å². The van der Waals surface area contributed by atoms with Crippen LogP contribution in [0.4, 0.5) is 5.69 Å². The number of amides is 1. The van der Waals surface area contributed by atoms with Crippen molar-refractivity contribution in [3.63, 3.8) is 0 Å². The number of hydrogen-bond donors (Lipinski definition) is 0. The SMILES string of the molecule is O=C1CS[C@@H](c2cccc3ccccc23)N1c1ccc(Cl)cc1. The highest BCUT2D eigenvalue weighted by Crippen LogP contribution is 2.44. The second kappa shape index (κ2) is 5.91. The van der Waals surface area contributed by atoms with E-state index in [0.29, 0.717) is 10.8 Å². The van der Waals surface area contributed by atoms with Crippen LogP contribution in [0.5, 0.6) is 0 Å². The number of carbonyl (C=O) groups excluding carboxylic acids is 1. The molecule has 0 saturated carbocycles. The predicted octanol–water partition coefficient (Wildman–Crippen LogP) is 5.27. The Hall–Kier alpha value is -1.97. The standard InChI is InChI=1S/C19H14ClNOS/c20-14-8-10-15(11-9-14)21-18(22)12-23-19(21)17-7-3-5-13-4-1-2-6-16(13)17/h1-11,19H,12H2/t19-/m0/s1. The minimum Gasteiger partial charge on any atom is -0.295 e. The fourth-order valence-corrected chi connectivity index (χ4v) is 4.34. The summed E-state index contributed by atoms with van der Waals surface area (Å²) in [7, 11) is 0. The Balaban J connectivity index is 1.83. The third kappa shape index (κ3) is 2.60. The van der Waals surface area contributed by atoms with E-state index in [1.807, 2.05) is 41.3 Å². The highest BCUT2D eigenvalue weighted by molar-refractivity contribution is 8.00. The number of halogens is 1. The monoisotopic (exact) mass is 339 g/mol. The Kier molecular flexibility index (Phi) is 3.76. The van der Waals surface area contributed by atoms with Gasteiger partial charge in [-0.25, -0.2) is 0 Å². The smallest absolute Gasteiger partial charge is 0.238 e. The highest BCUT2D eigenvalue weighted by Gasteiger charge is 2.34. The lowest BCUT2D eigenvalue weighted by Crippen LogP contribution is -2.27. The molecule has 1 amide bonds. The van der Waals surface area contributed by atoms with Gasteiger partial charge in [0.15, 0.2) is 0 Å². The summed E-state index contributed by atoms with van der Waals surface area (Å²) >= 11 is 7.65. The Morgan fingerprint density at radius 1 is 0.957 bits per heavy atom. The van der Waals surface area contributed by atoms with E-state index >= 15 is 0 Å². The quantitative estimate of drug-likeness (QED) is 0.633. The first kappa shape index (κ1) is 14.6. The molecule has 1 aliphatic heterocycles.